The van der Waals surface area contributed by atoms with Crippen LogP contribution in [-0.4, -0.2) is 25.9 Å². The number of nitrogens with one attached hydrogen (secondary N) is 1. The minimum absolute atomic E-state index is 0.274. The molecule has 0 bridgehead atoms. The SMILES string of the molecule is N#Cc1c(N)nsc1NCCn1ccnn1. The molecule has 0 spiro atoms. The molecule has 0 fully saturated rings. The molecule has 0 radical (unpaired) electrons. The van der Waals surface area contributed by atoms with Crippen molar-refractivity contribution in [3.8, 4) is 6.07 Å². The minimum Gasteiger partial charge on any atom is -0.382 e. The van der Waals surface area contributed by atoms with E-state index in [2.05, 4.69) is 20.0 Å². The molecule has 2 aromatic rings. The molecule has 0 atom stereocenters. The second-order valence-corrected chi connectivity index (χ2v) is 3.75. The van der Waals surface area contributed by atoms with Crippen LogP contribution in [0.25, 0.3) is 0 Å². The summed E-state index contributed by atoms with van der Waals surface area (Å²) in [5, 5.41) is 20.1. The average Bonchev–Trinajstić information content (AvgIpc) is 2.89. The third kappa shape index (κ3) is 2.09. The Morgan fingerprint density at radius 1 is 1.62 bits per heavy atom. The zero-order chi connectivity index (χ0) is 11.4. The van der Waals surface area contributed by atoms with Gasteiger partial charge in [-0.15, -0.1) is 5.10 Å². The Kier molecular flexibility index (Phi) is 2.98. The van der Waals surface area contributed by atoms with E-state index in [-0.39, 0.29) is 5.82 Å². The van der Waals surface area contributed by atoms with E-state index in [1.54, 1.807) is 17.1 Å². The van der Waals surface area contributed by atoms with Crippen LogP contribution in [-0.2, 0) is 6.54 Å². The standard InChI is InChI=1S/C8H9N7S/c9-5-6-7(10)13-16-8(6)11-1-3-15-4-2-12-14-15/h2,4,11H,1,3H2,(H2,10,13). The summed E-state index contributed by atoms with van der Waals surface area (Å²) < 4.78 is 5.60. The van der Waals surface area contributed by atoms with Gasteiger partial charge in [-0.1, -0.05) is 5.21 Å². The smallest absolute Gasteiger partial charge is 0.157 e. The molecule has 0 saturated carbocycles. The summed E-state index contributed by atoms with van der Waals surface area (Å²) in [6, 6.07) is 2.01. The number of anilines is 2. The van der Waals surface area contributed by atoms with Gasteiger partial charge in [0.2, 0.25) is 0 Å². The third-order valence-electron chi connectivity index (χ3n) is 1.93. The van der Waals surface area contributed by atoms with Crippen LogP contribution in [0.2, 0.25) is 0 Å². The van der Waals surface area contributed by atoms with Crippen molar-refractivity contribution in [2.24, 2.45) is 0 Å². The van der Waals surface area contributed by atoms with Gasteiger partial charge in [-0.2, -0.15) is 9.64 Å². The highest BCUT2D eigenvalue weighted by atomic mass is 32.1. The number of hydrogen-bond acceptors (Lipinski definition) is 7. The average molecular weight is 235 g/mol. The molecule has 2 aromatic heterocycles. The summed E-state index contributed by atoms with van der Waals surface area (Å²) in [7, 11) is 0. The van der Waals surface area contributed by atoms with Crippen LogP contribution < -0.4 is 11.1 Å². The van der Waals surface area contributed by atoms with Crippen molar-refractivity contribution in [1.29, 1.82) is 5.26 Å². The first kappa shape index (κ1) is 10.4. The third-order valence-corrected chi connectivity index (χ3v) is 2.75. The number of aromatic nitrogens is 4. The lowest BCUT2D eigenvalue weighted by Crippen LogP contribution is -2.11. The van der Waals surface area contributed by atoms with E-state index in [0.29, 0.717) is 23.7 Å². The normalized spacial score (nSPS) is 9.94. The number of nitriles is 1. The molecule has 0 aliphatic heterocycles. The zero-order valence-electron chi connectivity index (χ0n) is 8.29. The molecule has 7 nitrogen and oxygen atoms in total. The summed E-state index contributed by atoms with van der Waals surface area (Å²) in [6.45, 7) is 1.31. The Balaban J connectivity index is 1.93. The first-order valence-corrected chi connectivity index (χ1v) is 5.32. The van der Waals surface area contributed by atoms with Gasteiger partial charge in [0.1, 0.15) is 16.6 Å². The molecule has 3 N–H and O–H groups in total. The van der Waals surface area contributed by atoms with Gasteiger partial charge in [0, 0.05) is 12.7 Å². The van der Waals surface area contributed by atoms with Crippen LogP contribution in [0.3, 0.4) is 0 Å². The van der Waals surface area contributed by atoms with E-state index < -0.39 is 0 Å². The van der Waals surface area contributed by atoms with Gasteiger partial charge < -0.3 is 11.1 Å². The number of hydrogen-bond donors (Lipinski definition) is 2. The molecule has 0 aliphatic carbocycles. The van der Waals surface area contributed by atoms with E-state index in [1.165, 1.54) is 11.5 Å². The first-order chi connectivity index (χ1) is 7.81. The van der Waals surface area contributed by atoms with Crippen LogP contribution in [0.1, 0.15) is 5.56 Å². The van der Waals surface area contributed by atoms with Crippen LogP contribution in [0.15, 0.2) is 12.4 Å². The fourth-order valence-corrected chi connectivity index (χ4v) is 1.86. The maximum absolute atomic E-state index is 8.84. The molecule has 0 aromatic carbocycles. The number of nitrogens with zero attached hydrogens (tertiary/aromatic N) is 5. The fourth-order valence-electron chi connectivity index (χ4n) is 1.17. The van der Waals surface area contributed by atoms with E-state index >= 15 is 0 Å². The number of rotatable bonds is 4. The Labute approximate surface area is 95.7 Å². The monoisotopic (exact) mass is 235 g/mol. The largest absolute Gasteiger partial charge is 0.382 e. The lowest BCUT2D eigenvalue weighted by molar-refractivity contribution is 0.609. The number of nitrogens with two attached hydrogens (primary N) is 1. The van der Waals surface area contributed by atoms with E-state index in [9.17, 15) is 0 Å². The van der Waals surface area contributed by atoms with Crippen molar-refractivity contribution in [2.75, 3.05) is 17.6 Å². The summed E-state index contributed by atoms with van der Waals surface area (Å²) in [6.07, 6.45) is 3.39. The Bertz CT molecular complexity index is 495. The topological polar surface area (TPSA) is 105 Å². The molecule has 16 heavy (non-hydrogen) atoms. The van der Waals surface area contributed by atoms with Crippen molar-refractivity contribution in [1.82, 2.24) is 19.4 Å². The first-order valence-electron chi connectivity index (χ1n) is 4.54. The molecule has 2 heterocycles. The highest BCUT2D eigenvalue weighted by molar-refractivity contribution is 7.10. The molecular formula is C8H9N7S. The lowest BCUT2D eigenvalue weighted by Gasteiger charge is -2.02. The van der Waals surface area contributed by atoms with Crippen LogP contribution in [0.5, 0.6) is 0 Å². The summed E-state index contributed by atoms with van der Waals surface area (Å²) in [4.78, 5) is 0. The Morgan fingerprint density at radius 2 is 2.50 bits per heavy atom. The molecule has 0 saturated heterocycles. The van der Waals surface area contributed by atoms with Crippen LogP contribution in [0.4, 0.5) is 10.8 Å². The van der Waals surface area contributed by atoms with Crippen molar-refractivity contribution in [3.63, 3.8) is 0 Å². The van der Waals surface area contributed by atoms with Gasteiger partial charge in [0.05, 0.1) is 12.7 Å². The van der Waals surface area contributed by atoms with Gasteiger partial charge in [-0.05, 0) is 11.5 Å². The maximum atomic E-state index is 8.84. The van der Waals surface area contributed by atoms with Gasteiger partial charge >= 0.3 is 0 Å². The molecule has 0 unspecified atom stereocenters. The van der Waals surface area contributed by atoms with Crippen molar-refractivity contribution >= 4 is 22.4 Å². The van der Waals surface area contributed by atoms with Crippen LogP contribution in [0, 0.1) is 11.3 Å². The van der Waals surface area contributed by atoms with Gasteiger partial charge in [-0.3, -0.25) is 4.68 Å². The lowest BCUT2D eigenvalue weighted by atomic mass is 10.3. The van der Waals surface area contributed by atoms with Crippen molar-refractivity contribution in [3.05, 3.63) is 18.0 Å². The quantitative estimate of drug-likeness (QED) is 0.789. The molecule has 8 heteroatoms. The number of nitrogen functional groups attached to an aromatic ring is 1. The molecular weight excluding hydrogens is 226 g/mol. The predicted octanol–water partition coefficient (Wildman–Crippen LogP) is 0.301. The van der Waals surface area contributed by atoms with Crippen molar-refractivity contribution < 1.29 is 0 Å². The van der Waals surface area contributed by atoms with Gasteiger partial charge in [-0.25, -0.2) is 0 Å². The highest BCUT2D eigenvalue weighted by Crippen LogP contribution is 2.25. The zero-order valence-corrected chi connectivity index (χ0v) is 9.11. The Morgan fingerprint density at radius 3 is 3.19 bits per heavy atom. The second kappa shape index (κ2) is 4.59. The summed E-state index contributed by atoms with van der Waals surface area (Å²) >= 11 is 1.18. The summed E-state index contributed by atoms with van der Waals surface area (Å²) in [5.74, 6) is 0.274. The fraction of sp³-hybridized carbons (Fsp3) is 0.250. The van der Waals surface area contributed by atoms with Gasteiger partial charge in [0.15, 0.2) is 5.82 Å². The van der Waals surface area contributed by atoms with E-state index in [0.717, 1.165) is 0 Å². The second-order valence-electron chi connectivity index (χ2n) is 2.98. The minimum atomic E-state index is 0.274. The Hall–Kier alpha value is -2.14. The van der Waals surface area contributed by atoms with Crippen molar-refractivity contribution in [2.45, 2.75) is 6.54 Å². The van der Waals surface area contributed by atoms with E-state index in [1.807, 2.05) is 6.07 Å². The van der Waals surface area contributed by atoms with Crippen LogP contribution >= 0.6 is 11.5 Å². The predicted molar refractivity (Wildman–Crippen MR) is 59.8 cm³/mol. The molecule has 2 rings (SSSR count). The van der Waals surface area contributed by atoms with E-state index in [4.69, 9.17) is 11.0 Å². The van der Waals surface area contributed by atoms with Gasteiger partial charge in [0.25, 0.3) is 0 Å². The highest BCUT2D eigenvalue weighted by Gasteiger charge is 2.09. The maximum Gasteiger partial charge on any atom is 0.157 e. The molecule has 82 valence electrons. The molecule has 0 aliphatic rings. The summed E-state index contributed by atoms with van der Waals surface area (Å²) in [5.41, 5.74) is 5.93. The molecule has 0 amide bonds.